The quantitative estimate of drug-likeness (QED) is 0.689. The van der Waals surface area contributed by atoms with E-state index >= 15 is 0 Å². The number of aliphatic imine (C=N–C) groups is 2. The molecule has 12 heteroatoms. The number of hydrogen-bond acceptors (Lipinski definition) is 6. The molecule has 1 aliphatic carbocycles. The van der Waals surface area contributed by atoms with Gasteiger partial charge in [-0.1, -0.05) is 6.42 Å². The van der Waals surface area contributed by atoms with Crippen molar-refractivity contribution in [3.8, 4) is 0 Å². The number of nitrogens with zero attached hydrogens (tertiary/aromatic N) is 4. The van der Waals surface area contributed by atoms with E-state index in [1.165, 1.54) is 0 Å². The molecule has 0 radical (unpaired) electrons. The van der Waals surface area contributed by atoms with Gasteiger partial charge < -0.3 is 16.4 Å². The third-order valence-electron chi connectivity index (χ3n) is 5.26. The molecule has 1 aliphatic heterocycles. The Morgan fingerprint density at radius 2 is 1.43 bits per heavy atom. The molecular formula is C18H22F6N6. The largest absolute Gasteiger partial charge is 0.418 e. The maximum Gasteiger partial charge on any atom is 0.418 e. The molecule has 2 aliphatic rings. The molecule has 0 atom stereocenters. The Morgan fingerprint density at radius 3 is 1.87 bits per heavy atom. The molecule has 0 amide bonds. The minimum atomic E-state index is -5.03. The molecule has 1 saturated carbocycles. The summed E-state index contributed by atoms with van der Waals surface area (Å²) in [4.78, 5) is 10.1. The van der Waals surface area contributed by atoms with Crippen molar-refractivity contribution in [2.75, 3.05) is 23.9 Å². The standard InChI is InChI=1S/C18H22F6N6/c1-29(2)13-11(17(19,20)21)8-10(9-12(13)18(22,23)24)30-15(26)27-14(25)28-16(30)6-4-3-5-7-16/h8-9H,3-7H2,1-2H3,(H4,25,26,27,28). The van der Waals surface area contributed by atoms with E-state index in [2.05, 4.69) is 9.98 Å². The van der Waals surface area contributed by atoms with Crippen LogP contribution in [0.5, 0.6) is 0 Å². The summed E-state index contributed by atoms with van der Waals surface area (Å²) in [7, 11) is 2.26. The summed E-state index contributed by atoms with van der Waals surface area (Å²) in [5.41, 5.74) is 6.34. The van der Waals surface area contributed by atoms with Crippen molar-refractivity contribution in [3.63, 3.8) is 0 Å². The highest BCUT2D eigenvalue weighted by molar-refractivity contribution is 6.05. The van der Waals surface area contributed by atoms with Crippen LogP contribution in [-0.2, 0) is 12.4 Å². The summed E-state index contributed by atoms with van der Waals surface area (Å²) >= 11 is 0. The van der Waals surface area contributed by atoms with Gasteiger partial charge >= 0.3 is 12.4 Å². The van der Waals surface area contributed by atoms with Crippen molar-refractivity contribution >= 4 is 23.3 Å². The molecule has 166 valence electrons. The second-order valence-corrected chi connectivity index (χ2v) is 7.60. The van der Waals surface area contributed by atoms with Gasteiger partial charge in [0.1, 0.15) is 5.66 Å². The van der Waals surface area contributed by atoms with Crippen LogP contribution in [0.15, 0.2) is 22.1 Å². The monoisotopic (exact) mass is 436 g/mol. The summed E-state index contributed by atoms with van der Waals surface area (Å²) in [6.45, 7) is 0. The van der Waals surface area contributed by atoms with Gasteiger partial charge in [0.2, 0.25) is 11.9 Å². The van der Waals surface area contributed by atoms with Crippen LogP contribution in [0.2, 0.25) is 0 Å². The average Bonchev–Trinajstić information content (AvgIpc) is 2.59. The van der Waals surface area contributed by atoms with Gasteiger partial charge in [0.25, 0.3) is 0 Å². The van der Waals surface area contributed by atoms with Crippen molar-refractivity contribution in [3.05, 3.63) is 23.3 Å². The lowest BCUT2D eigenvalue weighted by atomic mass is 9.87. The second-order valence-electron chi connectivity index (χ2n) is 7.60. The Bertz CT molecular complexity index is 845. The van der Waals surface area contributed by atoms with Crippen molar-refractivity contribution in [1.29, 1.82) is 0 Å². The van der Waals surface area contributed by atoms with Crippen molar-refractivity contribution in [2.45, 2.75) is 50.1 Å². The molecule has 3 rings (SSSR count). The number of benzene rings is 1. The van der Waals surface area contributed by atoms with Crippen LogP contribution in [0.25, 0.3) is 0 Å². The van der Waals surface area contributed by atoms with Gasteiger partial charge in [-0.15, -0.1) is 0 Å². The number of anilines is 2. The summed E-state index contributed by atoms with van der Waals surface area (Å²) in [6.07, 6.45) is -7.09. The van der Waals surface area contributed by atoms with Crippen LogP contribution in [0.1, 0.15) is 43.2 Å². The van der Waals surface area contributed by atoms with Gasteiger partial charge in [-0.25, -0.2) is 4.99 Å². The lowest BCUT2D eigenvalue weighted by Gasteiger charge is -2.46. The molecule has 1 fully saturated rings. The van der Waals surface area contributed by atoms with Gasteiger partial charge in [0.05, 0.1) is 16.8 Å². The maximum absolute atomic E-state index is 13.8. The fraction of sp³-hybridized carbons (Fsp3) is 0.556. The van der Waals surface area contributed by atoms with E-state index in [1.54, 1.807) is 0 Å². The third kappa shape index (κ3) is 3.86. The highest BCUT2D eigenvalue weighted by atomic mass is 19.4. The van der Waals surface area contributed by atoms with Crippen LogP contribution in [0.4, 0.5) is 37.7 Å². The van der Waals surface area contributed by atoms with Crippen molar-refractivity contribution in [2.24, 2.45) is 21.5 Å². The summed E-state index contributed by atoms with van der Waals surface area (Å²) in [6, 6.07) is 1.33. The Hall–Kier alpha value is -2.66. The molecule has 0 aromatic heterocycles. The van der Waals surface area contributed by atoms with Crippen LogP contribution in [0.3, 0.4) is 0 Å². The van der Waals surface area contributed by atoms with Crippen molar-refractivity contribution in [1.82, 2.24) is 0 Å². The molecule has 0 unspecified atom stereocenters. The molecule has 0 saturated heterocycles. The van der Waals surface area contributed by atoms with E-state index in [0.29, 0.717) is 37.8 Å². The van der Waals surface area contributed by atoms with E-state index in [9.17, 15) is 26.3 Å². The summed E-state index contributed by atoms with van der Waals surface area (Å²) in [5.74, 6) is -0.439. The zero-order chi connectivity index (χ0) is 22.5. The molecule has 30 heavy (non-hydrogen) atoms. The fourth-order valence-electron chi connectivity index (χ4n) is 4.16. The molecule has 1 heterocycles. The molecule has 1 aromatic carbocycles. The Balaban J connectivity index is 2.31. The SMILES string of the molecule is CN(C)c1c(C(F)(F)F)cc(N2C(N)=NC(N)=NC23CCCCC3)cc1C(F)(F)F. The lowest BCUT2D eigenvalue weighted by molar-refractivity contribution is -0.142. The van der Waals surface area contributed by atoms with Gasteiger partial charge in [-0.3, -0.25) is 4.90 Å². The minimum Gasteiger partial charge on any atom is -0.377 e. The van der Waals surface area contributed by atoms with Gasteiger partial charge in [0, 0.05) is 19.8 Å². The van der Waals surface area contributed by atoms with E-state index < -0.39 is 34.8 Å². The Kier molecular flexibility index (Phi) is 5.32. The van der Waals surface area contributed by atoms with E-state index in [1.807, 2.05) is 0 Å². The van der Waals surface area contributed by atoms with E-state index in [-0.39, 0.29) is 17.6 Å². The second kappa shape index (κ2) is 7.24. The van der Waals surface area contributed by atoms with Crippen LogP contribution >= 0.6 is 0 Å². The van der Waals surface area contributed by atoms with Crippen LogP contribution < -0.4 is 21.3 Å². The number of alkyl halides is 6. The Morgan fingerprint density at radius 1 is 0.933 bits per heavy atom. The fourth-order valence-corrected chi connectivity index (χ4v) is 4.16. The smallest absolute Gasteiger partial charge is 0.377 e. The molecule has 1 aromatic rings. The number of nitrogens with two attached hydrogens (primary N) is 2. The predicted molar refractivity (Wildman–Crippen MR) is 102 cm³/mol. The molecule has 4 N–H and O–H groups in total. The van der Waals surface area contributed by atoms with Gasteiger partial charge in [0.15, 0.2) is 0 Å². The van der Waals surface area contributed by atoms with Crippen LogP contribution in [0, 0.1) is 0 Å². The number of guanidine groups is 2. The normalized spacial score (nSPS) is 19.5. The highest BCUT2D eigenvalue weighted by Gasteiger charge is 2.47. The number of rotatable bonds is 2. The summed E-state index contributed by atoms with van der Waals surface area (Å²) in [5, 5.41) is 0. The predicted octanol–water partition coefficient (Wildman–Crippen LogP) is 3.90. The highest BCUT2D eigenvalue weighted by Crippen LogP contribution is 2.48. The first kappa shape index (κ1) is 22.0. The zero-order valence-electron chi connectivity index (χ0n) is 16.4. The average molecular weight is 436 g/mol. The van der Waals surface area contributed by atoms with Gasteiger partial charge in [-0.05, 0) is 37.8 Å². The summed E-state index contributed by atoms with van der Waals surface area (Å²) < 4.78 is 82.8. The van der Waals surface area contributed by atoms with Crippen molar-refractivity contribution < 1.29 is 26.3 Å². The Labute approximate surface area is 169 Å². The third-order valence-corrected chi connectivity index (χ3v) is 5.26. The lowest BCUT2D eigenvalue weighted by Crippen LogP contribution is -2.58. The van der Waals surface area contributed by atoms with Crippen LogP contribution in [-0.4, -0.2) is 31.7 Å². The minimum absolute atomic E-state index is 0.150. The van der Waals surface area contributed by atoms with E-state index in [4.69, 9.17) is 11.5 Å². The first-order valence-corrected chi connectivity index (χ1v) is 9.26. The molecule has 6 nitrogen and oxygen atoms in total. The first-order valence-electron chi connectivity index (χ1n) is 9.26. The molecule has 0 bridgehead atoms. The topological polar surface area (TPSA) is 83.2 Å². The van der Waals surface area contributed by atoms with E-state index in [0.717, 1.165) is 30.3 Å². The number of hydrogen-bond donors (Lipinski definition) is 2. The molecule has 1 spiro atoms. The zero-order valence-corrected chi connectivity index (χ0v) is 16.4. The molecular weight excluding hydrogens is 414 g/mol. The van der Waals surface area contributed by atoms with Gasteiger partial charge in [-0.2, -0.15) is 31.3 Å². The number of halogens is 6. The maximum atomic E-state index is 13.8. The first-order chi connectivity index (χ1) is 13.8.